The number of nitrogens with zero attached hydrogens (tertiary/aromatic N) is 1. The van der Waals surface area contributed by atoms with Gasteiger partial charge >= 0.3 is 0 Å². The Kier molecular flexibility index (Phi) is 3.22. The Hall–Kier alpha value is -1.87. The fourth-order valence-corrected chi connectivity index (χ4v) is 2.22. The van der Waals surface area contributed by atoms with Crippen LogP contribution in [0.2, 0.25) is 0 Å². The zero-order chi connectivity index (χ0) is 13.2. The van der Waals surface area contributed by atoms with Crippen molar-refractivity contribution >= 4 is 15.9 Å². The molecule has 2 nitrogen and oxygen atoms in total. The predicted octanol–water partition coefficient (Wildman–Crippen LogP) is 4.81. The van der Waals surface area contributed by atoms with Crippen LogP contribution in [0.3, 0.4) is 0 Å². The molecule has 0 aliphatic rings. The second kappa shape index (κ2) is 5.02. The van der Waals surface area contributed by atoms with Gasteiger partial charge in [0.15, 0.2) is 0 Å². The van der Waals surface area contributed by atoms with Crippen molar-refractivity contribution in [3.8, 4) is 22.6 Å². The van der Waals surface area contributed by atoms with Crippen molar-refractivity contribution in [2.75, 3.05) is 0 Å². The van der Waals surface area contributed by atoms with Gasteiger partial charge < -0.3 is 4.98 Å². The summed E-state index contributed by atoms with van der Waals surface area (Å²) < 4.78 is 1.08. The van der Waals surface area contributed by atoms with Crippen LogP contribution in [0.5, 0.6) is 0 Å². The summed E-state index contributed by atoms with van der Waals surface area (Å²) in [6, 6.07) is 16.5. The number of aryl methyl sites for hydroxylation is 1. The van der Waals surface area contributed by atoms with Crippen LogP contribution < -0.4 is 0 Å². The molecule has 0 unspecified atom stereocenters. The summed E-state index contributed by atoms with van der Waals surface area (Å²) in [5.41, 5.74) is 4.52. The van der Waals surface area contributed by atoms with Gasteiger partial charge in [-0.05, 0) is 24.6 Å². The Bertz CT molecular complexity index is 622. The highest BCUT2D eigenvalue weighted by molar-refractivity contribution is 9.10. The fourth-order valence-electron chi connectivity index (χ4n) is 1.96. The molecule has 3 heteroatoms. The van der Waals surface area contributed by atoms with Crippen molar-refractivity contribution in [3.63, 3.8) is 0 Å². The lowest BCUT2D eigenvalue weighted by atomic mass is 10.1. The molecule has 0 radical (unpaired) electrons. The largest absolute Gasteiger partial charge is 0.338 e. The summed E-state index contributed by atoms with van der Waals surface area (Å²) >= 11 is 3.44. The number of benzene rings is 2. The van der Waals surface area contributed by atoms with E-state index in [1.807, 2.05) is 18.3 Å². The molecule has 94 valence electrons. The zero-order valence-electron chi connectivity index (χ0n) is 10.5. The van der Waals surface area contributed by atoms with Gasteiger partial charge in [-0.2, -0.15) is 0 Å². The second-order valence-corrected chi connectivity index (χ2v) is 5.43. The molecule has 1 heterocycles. The average Bonchev–Trinajstić information content (AvgIpc) is 2.90. The van der Waals surface area contributed by atoms with Crippen LogP contribution >= 0.6 is 15.9 Å². The molecule has 0 bridgehead atoms. The third-order valence-corrected chi connectivity index (χ3v) is 3.58. The summed E-state index contributed by atoms with van der Waals surface area (Å²) in [5, 5.41) is 0. The summed E-state index contributed by atoms with van der Waals surface area (Å²) in [5.74, 6) is 0.901. The summed E-state index contributed by atoms with van der Waals surface area (Å²) in [6.07, 6.45) is 1.87. The van der Waals surface area contributed by atoms with Crippen LogP contribution in [0.4, 0.5) is 0 Å². The van der Waals surface area contributed by atoms with Crippen LogP contribution in [0.1, 0.15) is 5.56 Å². The molecule has 19 heavy (non-hydrogen) atoms. The first kappa shape index (κ1) is 12.2. The summed E-state index contributed by atoms with van der Waals surface area (Å²) in [7, 11) is 0. The molecule has 1 aromatic heterocycles. The van der Waals surface area contributed by atoms with Crippen LogP contribution in [-0.4, -0.2) is 9.97 Å². The highest BCUT2D eigenvalue weighted by Crippen LogP contribution is 2.23. The number of aromatic nitrogens is 2. The van der Waals surface area contributed by atoms with E-state index in [9.17, 15) is 0 Å². The normalized spacial score (nSPS) is 10.6. The van der Waals surface area contributed by atoms with Gasteiger partial charge in [0.2, 0.25) is 0 Å². The molecule has 0 atom stereocenters. The Morgan fingerprint density at radius 3 is 2.21 bits per heavy atom. The Morgan fingerprint density at radius 1 is 0.895 bits per heavy atom. The van der Waals surface area contributed by atoms with Gasteiger partial charge in [-0.1, -0.05) is 57.9 Å². The number of H-pyrrole nitrogens is 1. The molecule has 0 amide bonds. The third kappa shape index (κ3) is 2.61. The van der Waals surface area contributed by atoms with Gasteiger partial charge in [-0.3, -0.25) is 0 Å². The molecule has 3 aromatic rings. The van der Waals surface area contributed by atoms with Gasteiger partial charge in [-0.15, -0.1) is 0 Å². The highest BCUT2D eigenvalue weighted by Gasteiger charge is 2.05. The molecule has 0 fully saturated rings. The van der Waals surface area contributed by atoms with E-state index in [1.165, 1.54) is 5.56 Å². The SMILES string of the molecule is Cc1ccc(-c2ncc(-c3ccc(Br)cc3)[nH]2)cc1. The topological polar surface area (TPSA) is 28.7 Å². The van der Waals surface area contributed by atoms with Crippen LogP contribution in [0.15, 0.2) is 59.2 Å². The second-order valence-electron chi connectivity index (χ2n) is 4.52. The van der Waals surface area contributed by atoms with Crippen molar-refractivity contribution in [3.05, 3.63) is 64.8 Å². The maximum atomic E-state index is 4.45. The minimum atomic E-state index is 0.901. The molecule has 2 aromatic carbocycles. The number of aromatic amines is 1. The van der Waals surface area contributed by atoms with Gasteiger partial charge in [0, 0.05) is 10.0 Å². The number of rotatable bonds is 2. The third-order valence-electron chi connectivity index (χ3n) is 3.06. The van der Waals surface area contributed by atoms with E-state index in [0.717, 1.165) is 27.1 Å². The minimum Gasteiger partial charge on any atom is -0.338 e. The van der Waals surface area contributed by atoms with Crippen molar-refractivity contribution in [2.24, 2.45) is 0 Å². The van der Waals surface area contributed by atoms with E-state index < -0.39 is 0 Å². The lowest BCUT2D eigenvalue weighted by molar-refractivity contribution is 1.30. The van der Waals surface area contributed by atoms with E-state index in [0.29, 0.717) is 0 Å². The van der Waals surface area contributed by atoms with Crippen molar-refractivity contribution < 1.29 is 0 Å². The maximum absolute atomic E-state index is 4.45. The lowest BCUT2D eigenvalue weighted by Crippen LogP contribution is -1.81. The average molecular weight is 313 g/mol. The van der Waals surface area contributed by atoms with Gasteiger partial charge in [0.1, 0.15) is 5.82 Å². The van der Waals surface area contributed by atoms with Gasteiger partial charge in [-0.25, -0.2) is 4.98 Å². The molecule has 0 saturated carbocycles. The molecule has 0 spiro atoms. The maximum Gasteiger partial charge on any atom is 0.137 e. The van der Waals surface area contributed by atoms with Crippen molar-refractivity contribution in [2.45, 2.75) is 6.92 Å². The zero-order valence-corrected chi connectivity index (χ0v) is 12.1. The standard InChI is InChI=1S/C16H13BrN2/c1-11-2-4-13(5-3-11)16-18-10-15(19-16)12-6-8-14(17)9-7-12/h2-10H,1H3,(H,18,19). The molecule has 3 rings (SSSR count). The Morgan fingerprint density at radius 2 is 1.53 bits per heavy atom. The van der Waals surface area contributed by atoms with Gasteiger partial charge in [0.05, 0.1) is 11.9 Å². The Labute approximate surface area is 120 Å². The van der Waals surface area contributed by atoms with E-state index >= 15 is 0 Å². The van der Waals surface area contributed by atoms with Crippen LogP contribution in [0.25, 0.3) is 22.6 Å². The molecule has 0 aliphatic carbocycles. The van der Waals surface area contributed by atoms with Crippen LogP contribution in [0, 0.1) is 6.92 Å². The van der Waals surface area contributed by atoms with E-state index in [-0.39, 0.29) is 0 Å². The number of hydrogen-bond donors (Lipinski definition) is 1. The van der Waals surface area contributed by atoms with E-state index in [4.69, 9.17) is 0 Å². The quantitative estimate of drug-likeness (QED) is 0.722. The van der Waals surface area contributed by atoms with Crippen molar-refractivity contribution in [1.82, 2.24) is 9.97 Å². The highest BCUT2D eigenvalue weighted by atomic mass is 79.9. The first-order chi connectivity index (χ1) is 9.22. The smallest absolute Gasteiger partial charge is 0.137 e. The summed E-state index contributed by atoms with van der Waals surface area (Å²) in [6.45, 7) is 2.08. The monoisotopic (exact) mass is 312 g/mol. The number of hydrogen-bond acceptors (Lipinski definition) is 1. The molecule has 0 aliphatic heterocycles. The van der Waals surface area contributed by atoms with E-state index in [1.54, 1.807) is 0 Å². The first-order valence-electron chi connectivity index (χ1n) is 6.10. The molecule has 1 N–H and O–H groups in total. The first-order valence-corrected chi connectivity index (χ1v) is 6.90. The van der Waals surface area contributed by atoms with E-state index in [2.05, 4.69) is 69.2 Å². The Balaban J connectivity index is 1.95. The predicted molar refractivity (Wildman–Crippen MR) is 81.9 cm³/mol. The molecular formula is C16H13BrN2. The minimum absolute atomic E-state index is 0.901. The summed E-state index contributed by atoms with van der Waals surface area (Å²) in [4.78, 5) is 7.81. The van der Waals surface area contributed by atoms with Gasteiger partial charge in [0.25, 0.3) is 0 Å². The number of halogens is 1. The lowest BCUT2D eigenvalue weighted by Gasteiger charge is -1.99. The molecular weight excluding hydrogens is 300 g/mol. The van der Waals surface area contributed by atoms with Crippen molar-refractivity contribution in [1.29, 1.82) is 0 Å². The van der Waals surface area contributed by atoms with Crippen LogP contribution in [-0.2, 0) is 0 Å². The number of imidazole rings is 1. The number of nitrogens with one attached hydrogen (secondary N) is 1. The molecule has 0 saturated heterocycles. The fraction of sp³-hybridized carbons (Fsp3) is 0.0625.